The van der Waals surface area contributed by atoms with Crippen LogP contribution in [0.1, 0.15) is 12.0 Å². The minimum atomic E-state index is -2.52. The van der Waals surface area contributed by atoms with E-state index in [9.17, 15) is 10.1 Å². The molecule has 0 amide bonds. The van der Waals surface area contributed by atoms with Crippen molar-refractivity contribution in [2.24, 2.45) is 0 Å². The maximum absolute atomic E-state index is 10.8. The number of nitrogens with zero attached hydrogens (tertiary/aromatic N) is 1. The fourth-order valence-electron chi connectivity index (χ4n) is 1.37. The van der Waals surface area contributed by atoms with Crippen LogP contribution in [-0.2, 0) is 5.75 Å². The number of para-hydroxylation sites is 1. The number of hydrogen-bond acceptors (Lipinski definition) is 3. The van der Waals surface area contributed by atoms with E-state index in [1.807, 2.05) is 0 Å². The fraction of sp³-hybridized carbons (Fsp3) is 0.400. The maximum atomic E-state index is 10.8. The molecule has 0 aromatic heterocycles. The summed E-state index contributed by atoms with van der Waals surface area (Å²) in [5, 5.41) is 10.8. The van der Waals surface area contributed by atoms with Gasteiger partial charge in [-0.15, -0.1) is 33.2 Å². The number of halogens is 3. The van der Waals surface area contributed by atoms with Gasteiger partial charge in [-0.2, -0.15) is 11.8 Å². The summed E-state index contributed by atoms with van der Waals surface area (Å²) < 4.78 is 0. The smallest absolute Gasteiger partial charge is 0.258 e. The van der Waals surface area contributed by atoms with Gasteiger partial charge < -0.3 is 0 Å². The summed E-state index contributed by atoms with van der Waals surface area (Å²) in [5.74, 6) is 1.45. The minimum absolute atomic E-state index is 0.167. The summed E-state index contributed by atoms with van der Waals surface area (Å²) >= 11 is 18.9. The molecule has 0 N–H and O–H groups in total. The second-order valence-electron chi connectivity index (χ2n) is 3.66. The van der Waals surface area contributed by atoms with E-state index in [0.29, 0.717) is 11.8 Å². The largest absolute Gasteiger partial charge is 0.341 e. The number of nitro benzene ring substituents is 1. The van der Waals surface area contributed by atoms with Crippen LogP contribution in [0.5, 0.6) is 0 Å². The van der Waals surface area contributed by atoms with E-state index in [2.05, 4.69) is 0 Å². The fourth-order valence-corrected chi connectivity index (χ4v) is 4.36. The summed E-state index contributed by atoms with van der Waals surface area (Å²) in [6.45, 7) is 0. The van der Waals surface area contributed by atoms with Gasteiger partial charge in [0.2, 0.25) is 0 Å². The van der Waals surface area contributed by atoms with Crippen molar-refractivity contribution in [2.45, 2.75) is 18.2 Å². The zero-order chi connectivity index (χ0) is 13.6. The van der Waals surface area contributed by atoms with Crippen LogP contribution in [0.2, 0.25) is 6.04 Å². The first-order valence-corrected chi connectivity index (χ1v) is 11.7. The first-order chi connectivity index (χ1) is 8.40. The third-order valence-electron chi connectivity index (χ3n) is 2.19. The maximum Gasteiger partial charge on any atom is 0.341 e. The number of benzene rings is 1. The number of thioether (sulfide) groups is 1. The van der Waals surface area contributed by atoms with Crippen LogP contribution in [0.3, 0.4) is 0 Å². The lowest BCUT2D eigenvalue weighted by atomic mass is 10.2. The Morgan fingerprint density at radius 2 is 1.94 bits per heavy atom. The molecule has 18 heavy (non-hydrogen) atoms. The van der Waals surface area contributed by atoms with E-state index in [1.54, 1.807) is 30.0 Å². The summed E-state index contributed by atoms with van der Waals surface area (Å²) in [6.07, 6.45) is 0.827. The molecule has 0 heterocycles. The molecule has 0 aliphatic heterocycles. The lowest BCUT2D eigenvalue weighted by Gasteiger charge is -2.07. The molecule has 0 aliphatic rings. The second kappa shape index (κ2) is 7.60. The molecule has 100 valence electrons. The Bertz CT molecular complexity index is 414. The van der Waals surface area contributed by atoms with Crippen molar-refractivity contribution in [1.82, 2.24) is 0 Å². The molecule has 0 spiro atoms. The van der Waals surface area contributed by atoms with Gasteiger partial charge in [-0.1, -0.05) is 18.2 Å². The molecule has 3 nitrogen and oxygen atoms in total. The highest BCUT2D eigenvalue weighted by Crippen LogP contribution is 2.28. The van der Waals surface area contributed by atoms with Gasteiger partial charge in [-0.05, 0) is 18.2 Å². The number of hydrogen-bond donors (Lipinski definition) is 0. The zero-order valence-corrected chi connectivity index (χ0v) is 13.5. The Morgan fingerprint density at radius 3 is 2.56 bits per heavy atom. The van der Waals surface area contributed by atoms with E-state index in [4.69, 9.17) is 33.2 Å². The molecule has 0 radical (unpaired) electrons. The van der Waals surface area contributed by atoms with Gasteiger partial charge >= 0.3 is 6.00 Å². The van der Waals surface area contributed by atoms with Crippen LogP contribution in [0.4, 0.5) is 5.69 Å². The normalized spacial score (nSPS) is 11.5. The van der Waals surface area contributed by atoms with Crippen molar-refractivity contribution < 1.29 is 4.92 Å². The average molecular weight is 345 g/mol. The van der Waals surface area contributed by atoms with Gasteiger partial charge in [0.15, 0.2) is 0 Å². The van der Waals surface area contributed by atoms with E-state index in [-0.39, 0.29) is 10.6 Å². The quantitative estimate of drug-likeness (QED) is 0.233. The highest BCUT2D eigenvalue weighted by atomic mass is 35.8. The Morgan fingerprint density at radius 1 is 1.28 bits per heavy atom. The molecular weight excluding hydrogens is 333 g/mol. The Labute approximate surface area is 125 Å². The van der Waals surface area contributed by atoms with Crippen molar-refractivity contribution >= 4 is 56.7 Å². The van der Waals surface area contributed by atoms with E-state index < -0.39 is 6.00 Å². The first-order valence-electron chi connectivity index (χ1n) is 5.27. The zero-order valence-electron chi connectivity index (χ0n) is 9.44. The number of rotatable bonds is 7. The molecule has 8 heteroatoms. The van der Waals surface area contributed by atoms with Crippen molar-refractivity contribution in [3.05, 3.63) is 39.9 Å². The van der Waals surface area contributed by atoms with Crippen LogP contribution >= 0.6 is 45.0 Å². The van der Waals surface area contributed by atoms with Crippen LogP contribution in [-0.4, -0.2) is 16.7 Å². The SMILES string of the molecule is O=[N+]([O-])c1ccccc1CSCCC[Si](Cl)(Cl)Cl. The molecule has 0 saturated heterocycles. The molecule has 1 aromatic carbocycles. The average Bonchev–Trinajstić information content (AvgIpc) is 2.27. The molecule has 0 saturated carbocycles. The van der Waals surface area contributed by atoms with Crippen molar-refractivity contribution in [1.29, 1.82) is 0 Å². The Hall–Kier alpha value is 0.0569. The van der Waals surface area contributed by atoms with Gasteiger partial charge in [0.25, 0.3) is 5.69 Å². The lowest BCUT2D eigenvalue weighted by molar-refractivity contribution is -0.385. The second-order valence-corrected chi connectivity index (χ2v) is 14.0. The summed E-state index contributed by atoms with van der Waals surface area (Å²) in [7, 11) is 0. The lowest BCUT2D eigenvalue weighted by Crippen LogP contribution is -2.08. The summed E-state index contributed by atoms with van der Waals surface area (Å²) in [4.78, 5) is 10.4. The minimum Gasteiger partial charge on any atom is -0.258 e. The third kappa shape index (κ3) is 6.29. The van der Waals surface area contributed by atoms with Crippen molar-refractivity contribution in [2.75, 3.05) is 5.75 Å². The van der Waals surface area contributed by atoms with Crippen LogP contribution in [0, 0.1) is 10.1 Å². The summed E-state index contributed by atoms with van der Waals surface area (Å²) in [5.41, 5.74) is 0.902. The highest BCUT2D eigenvalue weighted by molar-refractivity contribution is 7.98. The standard InChI is InChI=1S/C10H12Cl3NO2SSi/c11-18(12,13)7-3-6-17-8-9-4-1-2-5-10(9)14(15)16/h1-2,4-5H,3,6-8H2. The van der Waals surface area contributed by atoms with Crippen LogP contribution < -0.4 is 0 Å². The van der Waals surface area contributed by atoms with E-state index >= 15 is 0 Å². The molecule has 0 fully saturated rings. The third-order valence-corrected chi connectivity index (χ3v) is 5.91. The van der Waals surface area contributed by atoms with Crippen molar-refractivity contribution in [3.63, 3.8) is 0 Å². The molecular formula is C10H12Cl3NO2SSi. The monoisotopic (exact) mass is 343 g/mol. The van der Waals surface area contributed by atoms with Crippen LogP contribution in [0.25, 0.3) is 0 Å². The first kappa shape index (κ1) is 16.1. The molecule has 0 bridgehead atoms. The Kier molecular flexibility index (Phi) is 6.80. The predicted molar refractivity (Wildman–Crippen MR) is 82.0 cm³/mol. The topological polar surface area (TPSA) is 43.1 Å². The van der Waals surface area contributed by atoms with Gasteiger partial charge in [0.05, 0.1) is 4.92 Å². The van der Waals surface area contributed by atoms with E-state index in [0.717, 1.165) is 17.7 Å². The molecule has 1 aromatic rings. The van der Waals surface area contributed by atoms with Gasteiger partial charge in [-0.3, -0.25) is 10.1 Å². The van der Waals surface area contributed by atoms with Gasteiger partial charge in [0, 0.05) is 17.4 Å². The molecule has 0 atom stereocenters. The van der Waals surface area contributed by atoms with E-state index in [1.165, 1.54) is 6.07 Å². The molecule has 0 unspecified atom stereocenters. The predicted octanol–water partition coefficient (Wildman–Crippen LogP) is 4.87. The highest BCUT2D eigenvalue weighted by Gasteiger charge is 2.23. The van der Waals surface area contributed by atoms with Gasteiger partial charge in [0.1, 0.15) is 0 Å². The van der Waals surface area contributed by atoms with Gasteiger partial charge in [-0.25, -0.2) is 0 Å². The summed E-state index contributed by atoms with van der Waals surface area (Å²) in [6, 6.07) is 4.87. The molecule has 1 rings (SSSR count). The Balaban J connectivity index is 2.38. The van der Waals surface area contributed by atoms with Crippen molar-refractivity contribution in [3.8, 4) is 0 Å². The molecule has 0 aliphatic carbocycles. The number of nitro groups is 1. The van der Waals surface area contributed by atoms with Crippen LogP contribution in [0.15, 0.2) is 24.3 Å².